The van der Waals surface area contributed by atoms with Crippen LogP contribution in [-0.2, 0) is 0 Å². The van der Waals surface area contributed by atoms with E-state index in [-0.39, 0.29) is 0 Å². The second kappa shape index (κ2) is 2.49. The molecule has 0 heterocycles. The van der Waals surface area contributed by atoms with Crippen LogP contribution in [0.15, 0.2) is 11.8 Å². The van der Waals surface area contributed by atoms with Crippen molar-refractivity contribution in [2.45, 2.75) is 33.0 Å². The van der Waals surface area contributed by atoms with Crippen molar-refractivity contribution in [3.63, 3.8) is 0 Å². The summed E-state index contributed by atoms with van der Waals surface area (Å²) in [6.07, 6.45) is 1.16. The minimum atomic E-state index is -0.955. The molecule has 48 valence electrons. The molecule has 8 heavy (non-hydrogen) atoms. The molecule has 0 spiro atoms. The Labute approximate surface area is 53.6 Å². The van der Waals surface area contributed by atoms with Gasteiger partial charge in [0, 0.05) is 0 Å². The van der Waals surface area contributed by atoms with Crippen LogP contribution >= 0.6 is 0 Å². The van der Waals surface area contributed by atoms with E-state index in [4.69, 9.17) is 0 Å². The van der Waals surface area contributed by atoms with Crippen LogP contribution in [0.2, 0.25) is 19.6 Å². The lowest BCUT2D eigenvalue weighted by atomic mass is 10.5. The van der Waals surface area contributed by atoms with Crippen molar-refractivity contribution in [2.24, 2.45) is 0 Å². The largest absolute Gasteiger partial charge is 0.104 e. The molecular formula is C7H16Si. The average molecular weight is 128 g/mol. The molecule has 0 fully saturated rings. The molecule has 0 aromatic heterocycles. The van der Waals surface area contributed by atoms with Gasteiger partial charge in [-0.2, -0.15) is 0 Å². The molecule has 0 N–H and O–H groups in total. The molecule has 0 rings (SSSR count). The lowest BCUT2D eigenvalue weighted by Crippen LogP contribution is -2.22. The zero-order valence-electron chi connectivity index (χ0n) is 6.41. The lowest BCUT2D eigenvalue weighted by molar-refractivity contribution is 1.18. The van der Waals surface area contributed by atoms with Crippen LogP contribution in [0.1, 0.15) is 13.3 Å². The molecule has 0 aliphatic heterocycles. The summed E-state index contributed by atoms with van der Waals surface area (Å²) in [6.45, 7) is 13.2. The van der Waals surface area contributed by atoms with Gasteiger partial charge in [-0.15, -0.1) is 6.58 Å². The first-order chi connectivity index (χ1) is 3.48. The van der Waals surface area contributed by atoms with Gasteiger partial charge < -0.3 is 0 Å². The molecule has 1 heteroatoms. The third-order valence-electron chi connectivity index (χ3n) is 1.49. The maximum atomic E-state index is 4.01. The van der Waals surface area contributed by atoms with E-state index in [1.807, 2.05) is 0 Å². The quantitative estimate of drug-likeness (QED) is 0.502. The SMILES string of the molecule is C=C(CC)[Si](C)(C)C. The summed E-state index contributed by atoms with van der Waals surface area (Å²) in [6, 6.07) is 0. The van der Waals surface area contributed by atoms with Gasteiger partial charge in [-0.1, -0.05) is 31.8 Å². The third-order valence-corrected chi connectivity index (χ3v) is 3.96. The minimum absolute atomic E-state index is 0.955. The molecule has 0 saturated carbocycles. The highest BCUT2D eigenvalue weighted by molar-refractivity contribution is 6.82. The Morgan fingerprint density at radius 1 is 1.38 bits per heavy atom. The van der Waals surface area contributed by atoms with Crippen molar-refractivity contribution >= 4 is 8.07 Å². The Bertz CT molecular complexity index is 87.1. The van der Waals surface area contributed by atoms with E-state index < -0.39 is 8.07 Å². The van der Waals surface area contributed by atoms with Crippen LogP contribution in [0.3, 0.4) is 0 Å². The van der Waals surface area contributed by atoms with E-state index in [0.29, 0.717) is 0 Å². The monoisotopic (exact) mass is 128 g/mol. The number of allylic oxidation sites excluding steroid dienone is 1. The highest BCUT2D eigenvalue weighted by atomic mass is 28.3. The maximum absolute atomic E-state index is 4.01. The normalized spacial score (nSPS) is 11.5. The highest BCUT2D eigenvalue weighted by Gasteiger charge is 2.14. The maximum Gasteiger partial charge on any atom is 0.0716 e. The second-order valence-corrected chi connectivity index (χ2v) is 8.41. The molecule has 0 aromatic rings. The summed E-state index contributed by atoms with van der Waals surface area (Å²) < 4.78 is 0. The van der Waals surface area contributed by atoms with E-state index in [2.05, 4.69) is 33.1 Å². The summed E-state index contributed by atoms with van der Waals surface area (Å²) in [4.78, 5) is 0. The molecule has 0 radical (unpaired) electrons. The van der Waals surface area contributed by atoms with Crippen molar-refractivity contribution in [3.05, 3.63) is 11.8 Å². The molecule has 0 amide bonds. The molecular weight excluding hydrogens is 112 g/mol. The van der Waals surface area contributed by atoms with Gasteiger partial charge >= 0.3 is 0 Å². The fourth-order valence-electron chi connectivity index (χ4n) is 0.530. The van der Waals surface area contributed by atoms with Crippen LogP contribution in [-0.4, -0.2) is 8.07 Å². The summed E-state index contributed by atoms with van der Waals surface area (Å²) in [5.74, 6) is 0. The number of rotatable bonds is 2. The Morgan fingerprint density at radius 2 is 1.75 bits per heavy atom. The molecule has 0 unspecified atom stereocenters. The lowest BCUT2D eigenvalue weighted by Gasteiger charge is -2.17. The number of hydrogen-bond acceptors (Lipinski definition) is 0. The molecule has 0 nitrogen and oxygen atoms in total. The van der Waals surface area contributed by atoms with Crippen molar-refractivity contribution in [2.75, 3.05) is 0 Å². The first-order valence-electron chi connectivity index (χ1n) is 3.16. The van der Waals surface area contributed by atoms with Gasteiger partial charge in [0.05, 0.1) is 8.07 Å². The van der Waals surface area contributed by atoms with Crippen LogP contribution < -0.4 is 0 Å². The first-order valence-corrected chi connectivity index (χ1v) is 6.66. The summed E-state index contributed by atoms with van der Waals surface area (Å²) in [7, 11) is -0.955. The van der Waals surface area contributed by atoms with E-state index >= 15 is 0 Å². The standard InChI is InChI=1S/C7H16Si/c1-6-7(2)8(3,4)5/h2,6H2,1,3-5H3. The summed E-state index contributed by atoms with van der Waals surface area (Å²) in [5.41, 5.74) is 0. The fourth-order valence-corrected chi connectivity index (χ4v) is 1.59. The van der Waals surface area contributed by atoms with Gasteiger partial charge in [-0.25, -0.2) is 0 Å². The fraction of sp³-hybridized carbons (Fsp3) is 0.714. The van der Waals surface area contributed by atoms with Crippen LogP contribution in [0.4, 0.5) is 0 Å². The van der Waals surface area contributed by atoms with Crippen molar-refractivity contribution in [3.8, 4) is 0 Å². The zero-order valence-corrected chi connectivity index (χ0v) is 7.41. The predicted molar refractivity (Wildman–Crippen MR) is 42.8 cm³/mol. The number of hydrogen-bond donors (Lipinski definition) is 0. The van der Waals surface area contributed by atoms with Gasteiger partial charge in [-0.05, 0) is 6.42 Å². The van der Waals surface area contributed by atoms with Crippen molar-refractivity contribution < 1.29 is 0 Å². The summed E-state index contributed by atoms with van der Waals surface area (Å²) >= 11 is 0. The molecule has 0 bridgehead atoms. The molecule has 0 atom stereocenters. The Kier molecular flexibility index (Phi) is 2.48. The molecule has 0 aromatic carbocycles. The smallest absolute Gasteiger partial charge is 0.0716 e. The van der Waals surface area contributed by atoms with E-state index in [0.717, 1.165) is 6.42 Å². The Hall–Kier alpha value is -0.0431. The van der Waals surface area contributed by atoms with Crippen molar-refractivity contribution in [1.82, 2.24) is 0 Å². The molecule has 0 aliphatic rings. The average Bonchev–Trinajstić information content (AvgIpc) is 1.62. The van der Waals surface area contributed by atoms with Crippen LogP contribution in [0.5, 0.6) is 0 Å². The van der Waals surface area contributed by atoms with Crippen molar-refractivity contribution in [1.29, 1.82) is 0 Å². The second-order valence-electron chi connectivity index (χ2n) is 3.21. The van der Waals surface area contributed by atoms with Gasteiger partial charge in [0.15, 0.2) is 0 Å². The van der Waals surface area contributed by atoms with E-state index in [1.165, 1.54) is 5.20 Å². The zero-order chi connectivity index (χ0) is 6.78. The third kappa shape index (κ3) is 2.31. The van der Waals surface area contributed by atoms with Crippen LogP contribution in [0, 0.1) is 0 Å². The molecule has 0 aliphatic carbocycles. The van der Waals surface area contributed by atoms with Crippen LogP contribution in [0.25, 0.3) is 0 Å². The Balaban J connectivity index is 3.82. The first kappa shape index (κ1) is 7.96. The van der Waals surface area contributed by atoms with Gasteiger partial charge in [-0.3, -0.25) is 0 Å². The Morgan fingerprint density at radius 3 is 1.75 bits per heavy atom. The van der Waals surface area contributed by atoms with Gasteiger partial charge in [0.2, 0.25) is 0 Å². The van der Waals surface area contributed by atoms with E-state index in [1.54, 1.807) is 0 Å². The predicted octanol–water partition coefficient (Wildman–Crippen LogP) is 2.83. The molecule has 0 saturated heterocycles. The highest BCUT2D eigenvalue weighted by Crippen LogP contribution is 2.14. The minimum Gasteiger partial charge on any atom is -0.104 e. The van der Waals surface area contributed by atoms with Gasteiger partial charge in [0.1, 0.15) is 0 Å². The topological polar surface area (TPSA) is 0 Å². The van der Waals surface area contributed by atoms with Gasteiger partial charge in [0.25, 0.3) is 0 Å². The summed E-state index contributed by atoms with van der Waals surface area (Å²) in [5, 5.41) is 1.47. The van der Waals surface area contributed by atoms with E-state index in [9.17, 15) is 0 Å².